The summed E-state index contributed by atoms with van der Waals surface area (Å²) in [5.74, 6) is 1.67. The van der Waals surface area contributed by atoms with E-state index >= 15 is 0 Å². The third-order valence-corrected chi connectivity index (χ3v) is 5.17. The van der Waals surface area contributed by atoms with E-state index in [1.807, 2.05) is 36.1 Å². The number of rotatable bonds is 4. The topological polar surface area (TPSA) is 63.9 Å². The van der Waals surface area contributed by atoms with Crippen LogP contribution in [0.1, 0.15) is 25.8 Å². The molecule has 2 heterocycles. The van der Waals surface area contributed by atoms with Gasteiger partial charge >= 0.3 is 0 Å². The Kier molecular flexibility index (Phi) is 5.18. The van der Waals surface area contributed by atoms with Crippen molar-refractivity contribution in [3.05, 3.63) is 29.8 Å². The molecule has 0 radical (unpaired) electrons. The number of hydrogen-bond acceptors (Lipinski definition) is 5. The van der Waals surface area contributed by atoms with Crippen molar-refractivity contribution >= 4 is 17.7 Å². The van der Waals surface area contributed by atoms with Crippen LogP contribution < -0.4 is 0 Å². The maximum absolute atomic E-state index is 12.5. The molecule has 1 aromatic carbocycles. The molecule has 7 heteroatoms. The molecule has 2 atom stereocenters. The second kappa shape index (κ2) is 7.34. The second-order valence-electron chi connectivity index (χ2n) is 6.74. The Hall–Kier alpha value is -1.89. The molecular weight excluding hydrogens is 322 g/mol. The number of likely N-dealkylation sites (tertiary alicyclic amines) is 1. The van der Waals surface area contributed by atoms with E-state index in [4.69, 9.17) is 0 Å². The maximum Gasteiger partial charge on any atom is 0.233 e. The second-order valence-corrected chi connectivity index (χ2v) is 7.68. The summed E-state index contributed by atoms with van der Waals surface area (Å²) in [7, 11) is 0. The van der Waals surface area contributed by atoms with Gasteiger partial charge in [-0.3, -0.25) is 4.79 Å². The smallest absolute Gasteiger partial charge is 0.233 e. The highest BCUT2D eigenvalue weighted by atomic mass is 32.2. The van der Waals surface area contributed by atoms with Gasteiger partial charge in [-0.05, 0) is 47.7 Å². The van der Waals surface area contributed by atoms with Gasteiger partial charge in [0.2, 0.25) is 11.1 Å². The Bertz CT molecular complexity index is 689. The fraction of sp³-hybridized carbons (Fsp3) is 0.529. The Morgan fingerprint density at radius 3 is 2.54 bits per heavy atom. The Balaban J connectivity index is 1.64. The number of carbonyl (C=O) groups is 1. The Morgan fingerprint density at radius 1 is 1.21 bits per heavy atom. The zero-order valence-electron chi connectivity index (χ0n) is 14.3. The number of benzene rings is 1. The van der Waals surface area contributed by atoms with E-state index in [1.54, 1.807) is 4.68 Å². The minimum absolute atomic E-state index is 0.164. The van der Waals surface area contributed by atoms with Crippen LogP contribution in [0.15, 0.2) is 29.4 Å². The fourth-order valence-corrected chi connectivity index (χ4v) is 3.99. The zero-order chi connectivity index (χ0) is 17.1. The largest absolute Gasteiger partial charge is 0.341 e. The molecule has 128 valence electrons. The number of carbonyl (C=O) groups excluding carboxylic acids is 1. The van der Waals surface area contributed by atoms with Crippen LogP contribution in [-0.4, -0.2) is 49.9 Å². The molecule has 3 rings (SSSR count). The highest BCUT2D eigenvalue weighted by Gasteiger charge is 2.25. The van der Waals surface area contributed by atoms with Gasteiger partial charge in [0.05, 0.1) is 11.4 Å². The molecule has 1 saturated heterocycles. The van der Waals surface area contributed by atoms with Crippen molar-refractivity contribution in [1.29, 1.82) is 0 Å². The summed E-state index contributed by atoms with van der Waals surface area (Å²) in [6, 6.07) is 8.00. The van der Waals surface area contributed by atoms with Crippen LogP contribution >= 0.6 is 11.8 Å². The maximum atomic E-state index is 12.5. The van der Waals surface area contributed by atoms with E-state index in [-0.39, 0.29) is 5.91 Å². The lowest BCUT2D eigenvalue weighted by atomic mass is 9.92. The van der Waals surface area contributed by atoms with E-state index in [2.05, 4.69) is 29.4 Å². The van der Waals surface area contributed by atoms with Crippen molar-refractivity contribution < 1.29 is 4.79 Å². The van der Waals surface area contributed by atoms with E-state index < -0.39 is 0 Å². The number of tetrazole rings is 1. The SMILES string of the molecule is Cc1ccc(-n2nnnc2SCC(=O)N2C[C@H](C)C[C@H](C)C2)cc1. The first kappa shape index (κ1) is 17.0. The Labute approximate surface area is 146 Å². The molecule has 0 unspecified atom stereocenters. The lowest BCUT2D eigenvalue weighted by molar-refractivity contribution is -0.130. The highest BCUT2D eigenvalue weighted by Crippen LogP contribution is 2.23. The van der Waals surface area contributed by atoms with Crippen molar-refractivity contribution in [2.75, 3.05) is 18.8 Å². The van der Waals surface area contributed by atoms with Gasteiger partial charge < -0.3 is 4.90 Å². The molecule has 1 amide bonds. The number of piperidine rings is 1. The number of aryl methyl sites for hydroxylation is 1. The van der Waals surface area contributed by atoms with Crippen LogP contribution in [0, 0.1) is 18.8 Å². The van der Waals surface area contributed by atoms with Gasteiger partial charge in [0.15, 0.2) is 0 Å². The van der Waals surface area contributed by atoms with E-state index in [1.165, 1.54) is 23.7 Å². The monoisotopic (exact) mass is 345 g/mol. The summed E-state index contributed by atoms with van der Waals surface area (Å²) in [5.41, 5.74) is 2.09. The van der Waals surface area contributed by atoms with Crippen LogP contribution in [0.5, 0.6) is 0 Å². The van der Waals surface area contributed by atoms with Gasteiger partial charge in [-0.15, -0.1) is 5.10 Å². The lowest BCUT2D eigenvalue weighted by Gasteiger charge is -2.34. The van der Waals surface area contributed by atoms with Crippen molar-refractivity contribution in [1.82, 2.24) is 25.1 Å². The summed E-state index contributed by atoms with van der Waals surface area (Å²) in [5, 5.41) is 12.5. The van der Waals surface area contributed by atoms with Gasteiger partial charge in [-0.1, -0.05) is 43.3 Å². The number of nitrogens with zero attached hydrogens (tertiary/aromatic N) is 5. The minimum atomic E-state index is 0.164. The number of hydrogen-bond donors (Lipinski definition) is 0. The molecule has 1 fully saturated rings. The highest BCUT2D eigenvalue weighted by molar-refractivity contribution is 7.99. The summed E-state index contributed by atoms with van der Waals surface area (Å²) in [6.45, 7) is 8.17. The first-order valence-electron chi connectivity index (χ1n) is 8.29. The molecule has 1 aliphatic heterocycles. The average molecular weight is 345 g/mol. The van der Waals surface area contributed by atoms with Crippen LogP contribution in [0.4, 0.5) is 0 Å². The molecule has 0 N–H and O–H groups in total. The minimum Gasteiger partial charge on any atom is -0.341 e. The van der Waals surface area contributed by atoms with E-state index in [0.717, 1.165) is 18.8 Å². The van der Waals surface area contributed by atoms with Gasteiger partial charge in [-0.25, -0.2) is 0 Å². The summed E-state index contributed by atoms with van der Waals surface area (Å²) >= 11 is 1.39. The summed E-state index contributed by atoms with van der Waals surface area (Å²) in [6.07, 6.45) is 1.20. The predicted molar refractivity (Wildman–Crippen MR) is 94.1 cm³/mol. The first-order valence-corrected chi connectivity index (χ1v) is 9.27. The Morgan fingerprint density at radius 2 is 1.88 bits per heavy atom. The molecule has 0 spiro atoms. The molecule has 0 aliphatic carbocycles. The molecule has 0 bridgehead atoms. The summed E-state index contributed by atoms with van der Waals surface area (Å²) < 4.78 is 1.68. The number of amides is 1. The van der Waals surface area contributed by atoms with Crippen LogP contribution in [0.25, 0.3) is 5.69 Å². The summed E-state index contributed by atoms with van der Waals surface area (Å²) in [4.78, 5) is 14.5. The van der Waals surface area contributed by atoms with Gasteiger partial charge in [0.25, 0.3) is 0 Å². The number of thioether (sulfide) groups is 1. The molecule has 6 nitrogen and oxygen atoms in total. The molecule has 24 heavy (non-hydrogen) atoms. The molecule has 2 aromatic rings. The van der Waals surface area contributed by atoms with Crippen molar-refractivity contribution in [3.8, 4) is 5.69 Å². The van der Waals surface area contributed by atoms with E-state index in [9.17, 15) is 4.79 Å². The molecule has 1 aliphatic rings. The van der Waals surface area contributed by atoms with E-state index in [0.29, 0.717) is 22.7 Å². The predicted octanol–water partition coefficient (Wildman–Crippen LogP) is 2.57. The van der Waals surface area contributed by atoms with Gasteiger partial charge in [0, 0.05) is 13.1 Å². The standard InChI is InChI=1S/C17H23N5OS/c1-12-4-6-15(7-5-12)22-17(18-19-20-22)24-11-16(23)21-9-13(2)8-14(3)10-21/h4-7,13-14H,8-11H2,1-3H3/t13-,14+. The molecular formula is C17H23N5OS. The quantitative estimate of drug-likeness (QED) is 0.797. The van der Waals surface area contributed by atoms with Crippen molar-refractivity contribution in [3.63, 3.8) is 0 Å². The van der Waals surface area contributed by atoms with Crippen LogP contribution in [-0.2, 0) is 4.79 Å². The fourth-order valence-electron chi connectivity index (χ4n) is 3.20. The first-order chi connectivity index (χ1) is 11.5. The average Bonchev–Trinajstić information content (AvgIpc) is 3.01. The third-order valence-electron chi connectivity index (χ3n) is 4.27. The van der Waals surface area contributed by atoms with Crippen LogP contribution in [0.2, 0.25) is 0 Å². The molecule has 1 aromatic heterocycles. The van der Waals surface area contributed by atoms with Crippen LogP contribution in [0.3, 0.4) is 0 Å². The zero-order valence-corrected chi connectivity index (χ0v) is 15.2. The number of aromatic nitrogens is 4. The molecule has 0 saturated carbocycles. The lowest BCUT2D eigenvalue weighted by Crippen LogP contribution is -2.43. The van der Waals surface area contributed by atoms with Gasteiger partial charge in [0.1, 0.15) is 0 Å². The van der Waals surface area contributed by atoms with Crippen molar-refractivity contribution in [2.24, 2.45) is 11.8 Å². The third kappa shape index (κ3) is 3.95. The normalized spacial score (nSPS) is 21.0. The van der Waals surface area contributed by atoms with Crippen molar-refractivity contribution in [2.45, 2.75) is 32.3 Å². The van der Waals surface area contributed by atoms with Gasteiger partial charge in [-0.2, -0.15) is 4.68 Å².